The van der Waals surface area contributed by atoms with Crippen LogP contribution < -0.4 is 0 Å². The lowest BCUT2D eigenvalue weighted by atomic mass is 10.2. The van der Waals surface area contributed by atoms with E-state index in [4.69, 9.17) is 9.53 Å². The van der Waals surface area contributed by atoms with Gasteiger partial charge < -0.3 is 9.53 Å². The molecule has 0 fully saturated rings. The summed E-state index contributed by atoms with van der Waals surface area (Å²) in [5, 5.41) is 0. The number of benzene rings is 1. The highest BCUT2D eigenvalue weighted by molar-refractivity contribution is 7.80. The molecule has 13 heavy (non-hydrogen) atoms. The van der Waals surface area contributed by atoms with Crippen LogP contribution in [0.25, 0.3) is 0 Å². The summed E-state index contributed by atoms with van der Waals surface area (Å²) in [6.45, 7) is 0.639. The number of rotatable bonds is 2. The van der Waals surface area contributed by atoms with Crippen LogP contribution in [-0.4, -0.2) is 21.1 Å². The maximum Gasteiger partial charge on any atom is 0.162 e. The second-order valence-electron chi connectivity index (χ2n) is 2.20. The summed E-state index contributed by atoms with van der Waals surface area (Å²) in [6, 6.07) is 7.90. The van der Waals surface area contributed by atoms with Gasteiger partial charge in [-0.05, 0) is 11.6 Å². The molecular formula is C9H11BO2S. The molecule has 0 aliphatic carbocycles. The third-order valence-electron chi connectivity index (χ3n) is 1.29. The fraction of sp³-hybridized carbons (Fsp3) is 0.222. The first-order chi connectivity index (χ1) is 6.26. The van der Waals surface area contributed by atoms with E-state index in [2.05, 4.69) is 20.5 Å². The Morgan fingerprint density at radius 2 is 2.08 bits per heavy atom. The lowest BCUT2D eigenvalue weighted by Crippen LogP contribution is -1.87. The normalized spacial score (nSPS) is 8.46. The van der Waals surface area contributed by atoms with Crippen LogP contribution in [-0.2, 0) is 16.1 Å². The largest absolute Gasteiger partial charge is 0.380 e. The van der Waals surface area contributed by atoms with Gasteiger partial charge in [-0.25, -0.2) is 0 Å². The van der Waals surface area contributed by atoms with Crippen LogP contribution in [0.3, 0.4) is 0 Å². The number of ether oxygens (including phenoxy) is 1. The van der Waals surface area contributed by atoms with E-state index in [0.29, 0.717) is 6.61 Å². The van der Waals surface area contributed by atoms with Gasteiger partial charge in [-0.2, -0.15) is 0 Å². The fourth-order valence-corrected chi connectivity index (χ4v) is 1.01. The second-order valence-corrected chi connectivity index (χ2v) is 2.68. The summed E-state index contributed by atoms with van der Waals surface area (Å²) in [7, 11) is 5.85. The van der Waals surface area contributed by atoms with E-state index in [9.17, 15) is 0 Å². The van der Waals surface area contributed by atoms with E-state index in [1.54, 1.807) is 7.11 Å². The Bertz CT molecular complexity index is 253. The number of thiol groups is 1. The Labute approximate surface area is 85.1 Å². The van der Waals surface area contributed by atoms with Crippen LogP contribution in [0.15, 0.2) is 29.2 Å². The third kappa shape index (κ3) is 5.50. The average Bonchev–Trinajstić information content (AvgIpc) is 2.11. The van der Waals surface area contributed by atoms with Gasteiger partial charge >= 0.3 is 0 Å². The Balaban J connectivity index is 0.000000424. The standard InChI is InChI=1S/C8H10OS.CHBO/c1-9-6-7-4-2-3-5-8(7)10;2-1-3/h2-5,10H,6H2,1H3;1H. The van der Waals surface area contributed by atoms with Crippen LogP contribution in [0.4, 0.5) is 0 Å². The van der Waals surface area contributed by atoms with Crippen molar-refractivity contribution in [2.24, 2.45) is 0 Å². The highest BCUT2D eigenvalue weighted by Gasteiger charge is 1.93. The molecule has 0 aliphatic rings. The first kappa shape index (κ1) is 12.3. The maximum atomic E-state index is 8.58. The van der Waals surface area contributed by atoms with E-state index in [-0.39, 0.29) is 6.19 Å². The van der Waals surface area contributed by atoms with Crippen molar-refractivity contribution in [3.63, 3.8) is 0 Å². The molecule has 0 N–H and O–H groups in total. The van der Waals surface area contributed by atoms with Crippen LogP contribution in [0, 0.1) is 0 Å². The predicted octanol–water partition coefficient (Wildman–Crippen LogP) is 1.47. The average molecular weight is 194 g/mol. The molecule has 1 rings (SSSR count). The van der Waals surface area contributed by atoms with Crippen molar-refractivity contribution in [1.82, 2.24) is 0 Å². The van der Waals surface area contributed by atoms with Gasteiger partial charge in [0.25, 0.3) is 0 Å². The lowest BCUT2D eigenvalue weighted by Gasteiger charge is -2.00. The van der Waals surface area contributed by atoms with Crippen molar-refractivity contribution >= 4 is 26.7 Å². The lowest BCUT2D eigenvalue weighted by molar-refractivity contribution is 0.183. The molecule has 0 atom stereocenters. The molecule has 1 aromatic rings. The zero-order valence-corrected chi connectivity index (χ0v) is 8.33. The van der Waals surface area contributed by atoms with Gasteiger partial charge in [-0.3, -0.25) is 0 Å². The van der Waals surface area contributed by atoms with Crippen LogP contribution >= 0.6 is 12.6 Å². The highest BCUT2D eigenvalue weighted by atomic mass is 32.1. The smallest absolute Gasteiger partial charge is 0.162 e. The molecule has 0 bridgehead atoms. The topological polar surface area (TPSA) is 26.3 Å². The molecule has 68 valence electrons. The van der Waals surface area contributed by atoms with Crippen molar-refractivity contribution in [3.8, 4) is 0 Å². The molecule has 0 aromatic heterocycles. The van der Waals surface area contributed by atoms with Gasteiger partial charge in [0.15, 0.2) is 7.85 Å². The summed E-state index contributed by atoms with van der Waals surface area (Å²) in [5.74, 6) is 0. The van der Waals surface area contributed by atoms with Crippen molar-refractivity contribution < 1.29 is 9.53 Å². The molecule has 1 aromatic carbocycles. The first-order valence-electron chi connectivity index (χ1n) is 3.67. The molecule has 2 radical (unpaired) electrons. The summed E-state index contributed by atoms with van der Waals surface area (Å²) in [6.07, 6.45) is 0.250. The van der Waals surface area contributed by atoms with Crippen molar-refractivity contribution in [2.75, 3.05) is 7.11 Å². The van der Waals surface area contributed by atoms with Gasteiger partial charge in [-0.1, -0.05) is 18.2 Å². The van der Waals surface area contributed by atoms with Crippen molar-refractivity contribution in [1.29, 1.82) is 0 Å². The van der Waals surface area contributed by atoms with E-state index >= 15 is 0 Å². The van der Waals surface area contributed by atoms with Crippen LogP contribution in [0.5, 0.6) is 0 Å². The molecular weight excluding hydrogens is 183 g/mol. The van der Waals surface area contributed by atoms with E-state index in [1.165, 1.54) is 0 Å². The Morgan fingerprint density at radius 1 is 1.54 bits per heavy atom. The van der Waals surface area contributed by atoms with Gasteiger partial charge in [-0.15, -0.1) is 12.6 Å². The maximum absolute atomic E-state index is 8.58. The summed E-state index contributed by atoms with van der Waals surface area (Å²) < 4.78 is 4.96. The molecule has 0 saturated carbocycles. The van der Waals surface area contributed by atoms with E-state index in [0.717, 1.165) is 10.5 Å². The SMILES string of the molecule is COCc1ccccc1S.[B]C=O. The molecule has 0 heterocycles. The minimum Gasteiger partial charge on any atom is -0.380 e. The quantitative estimate of drug-likeness (QED) is 0.438. The van der Waals surface area contributed by atoms with Crippen LogP contribution in [0.2, 0.25) is 0 Å². The molecule has 0 amide bonds. The molecule has 0 aliphatic heterocycles. The van der Waals surface area contributed by atoms with Crippen molar-refractivity contribution in [2.45, 2.75) is 11.5 Å². The number of carbonyl (C=O) groups excluding carboxylic acids is 1. The van der Waals surface area contributed by atoms with Crippen molar-refractivity contribution in [3.05, 3.63) is 29.8 Å². The van der Waals surface area contributed by atoms with Gasteiger partial charge in [0.1, 0.15) is 0 Å². The fourth-order valence-electron chi connectivity index (χ4n) is 0.788. The third-order valence-corrected chi connectivity index (χ3v) is 1.73. The molecule has 2 nitrogen and oxygen atoms in total. The monoisotopic (exact) mass is 194 g/mol. The zero-order valence-electron chi connectivity index (χ0n) is 7.43. The summed E-state index contributed by atoms with van der Waals surface area (Å²) in [5.41, 5.74) is 1.13. The Hall–Kier alpha value is -0.735. The predicted molar refractivity (Wildman–Crippen MR) is 56.9 cm³/mol. The zero-order chi connectivity index (χ0) is 10.1. The molecule has 0 unspecified atom stereocenters. The highest BCUT2D eigenvalue weighted by Crippen LogP contribution is 2.12. The van der Waals surface area contributed by atoms with E-state index < -0.39 is 0 Å². The van der Waals surface area contributed by atoms with Gasteiger partial charge in [0.05, 0.1) is 12.8 Å². The molecule has 0 spiro atoms. The summed E-state index contributed by atoms with van der Waals surface area (Å²) >= 11 is 4.25. The second kappa shape index (κ2) is 7.89. The number of hydrogen-bond acceptors (Lipinski definition) is 3. The number of carbonyl (C=O) groups is 1. The van der Waals surface area contributed by atoms with Gasteiger partial charge in [0.2, 0.25) is 0 Å². The Kier molecular flexibility index (Phi) is 7.44. The minimum atomic E-state index is 0.250. The van der Waals surface area contributed by atoms with E-state index in [1.807, 2.05) is 24.3 Å². The number of methoxy groups -OCH3 is 1. The number of hydrogen-bond donors (Lipinski definition) is 1. The molecule has 0 saturated heterocycles. The molecule has 4 heteroatoms. The Morgan fingerprint density at radius 3 is 2.54 bits per heavy atom. The van der Waals surface area contributed by atoms with Gasteiger partial charge in [0, 0.05) is 12.0 Å². The summed E-state index contributed by atoms with van der Waals surface area (Å²) in [4.78, 5) is 9.57. The first-order valence-corrected chi connectivity index (χ1v) is 4.12. The van der Waals surface area contributed by atoms with Crippen LogP contribution in [0.1, 0.15) is 5.56 Å². The minimum absolute atomic E-state index is 0.250.